The summed E-state index contributed by atoms with van der Waals surface area (Å²) in [6, 6.07) is 8.30. The summed E-state index contributed by atoms with van der Waals surface area (Å²) in [6.07, 6.45) is 8.30. The van der Waals surface area contributed by atoms with Gasteiger partial charge in [-0.15, -0.1) is 0 Å². The number of halogens is 2. The van der Waals surface area contributed by atoms with Gasteiger partial charge in [0.05, 0.1) is 0 Å². The molecule has 1 atom stereocenters. The van der Waals surface area contributed by atoms with Gasteiger partial charge in [-0.2, -0.15) is 0 Å². The van der Waals surface area contributed by atoms with Gasteiger partial charge in [0.2, 0.25) is 0 Å². The Morgan fingerprint density at radius 1 is 1.29 bits per heavy atom. The van der Waals surface area contributed by atoms with Crippen LogP contribution in [0.1, 0.15) is 37.7 Å². The number of benzene rings is 1. The minimum absolute atomic E-state index is 0.761. The van der Waals surface area contributed by atoms with Crippen molar-refractivity contribution in [3.05, 3.63) is 34.9 Å². The van der Waals surface area contributed by atoms with Gasteiger partial charge in [-0.25, -0.2) is 0 Å². The summed E-state index contributed by atoms with van der Waals surface area (Å²) in [7, 11) is 0. The second kappa shape index (κ2) is 6.80. The fourth-order valence-corrected chi connectivity index (χ4v) is 3.62. The molecule has 2 heteroatoms. The highest BCUT2D eigenvalue weighted by Crippen LogP contribution is 2.32. The Morgan fingerprint density at radius 3 is 2.71 bits per heavy atom. The molecular weight excluding hydrogens is 296 g/mol. The normalized spacial score (nSPS) is 18.5. The molecule has 1 aliphatic rings. The van der Waals surface area contributed by atoms with E-state index in [-0.39, 0.29) is 0 Å². The fourth-order valence-electron chi connectivity index (χ4n) is 2.92. The Kier molecular flexibility index (Phi) is 5.37. The van der Waals surface area contributed by atoms with Gasteiger partial charge in [-0.05, 0) is 42.4 Å². The van der Waals surface area contributed by atoms with Gasteiger partial charge in [-0.3, -0.25) is 0 Å². The third-order valence-electron chi connectivity index (χ3n) is 3.77. The lowest BCUT2D eigenvalue weighted by Gasteiger charge is -2.18. The van der Waals surface area contributed by atoms with E-state index >= 15 is 0 Å². The first kappa shape index (κ1) is 13.4. The van der Waals surface area contributed by atoms with E-state index < -0.39 is 0 Å². The molecule has 1 fully saturated rings. The molecule has 2 rings (SSSR count). The standard InChI is InChI=1S/C15H20BrCl/c16-11-14(8-12-4-1-2-5-12)9-13-6-3-7-15(17)10-13/h3,6-7,10,12,14H,1-2,4-5,8-9,11H2. The lowest BCUT2D eigenvalue weighted by atomic mass is 9.90. The number of alkyl halides is 1. The van der Waals surface area contributed by atoms with Crippen molar-refractivity contribution >= 4 is 27.5 Å². The van der Waals surface area contributed by atoms with Gasteiger partial charge < -0.3 is 0 Å². The zero-order valence-corrected chi connectivity index (χ0v) is 12.5. The molecule has 17 heavy (non-hydrogen) atoms. The van der Waals surface area contributed by atoms with Crippen LogP contribution >= 0.6 is 27.5 Å². The predicted molar refractivity (Wildman–Crippen MR) is 79.0 cm³/mol. The van der Waals surface area contributed by atoms with Crippen LogP contribution in [0.15, 0.2) is 24.3 Å². The second-order valence-corrected chi connectivity index (χ2v) is 6.32. The van der Waals surface area contributed by atoms with Crippen LogP contribution in [0.25, 0.3) is 0 Å². The summed E-state index contributed by atoms with van der Waals surface area (Å²) in [6.45, 7) is 0. The lowest BCUT2D eigenvalue weighted by Crippen LogP contribution is -2.11. The molecule has 1 aromatic carbocycles. The summed E-state index contributed by atoms with van der Waals surface area (Å²) in [5.41, 5.74) is 1.37. The summed E-state index contributed by atoms with van der Waals surface area (Å²) in [4.78, 5) is 0. The SMILES string of the molecule is Clc1cccc(CC(CBr)CC2CCCC2)c1. The van der Waals surface area contributed by atoms with Crippen molar-refractivity contribution in [2.75, 3.05) is 5.33 Å². The van der Waals surface area contributed by atoms with Crippen molar-refractivity contribution < 1.29 is 0 Å². The monoisotopic (exact) mass is 314 g/mol. The third kappa shape index (κ3) is 4.30. The molecule has 1 saturated carbocycles. The molecule has 0 N–H and O–H groups in total. The molecule has 0 heterocycles. The Morgan fingerprint density at radius 2 is 2.06 bits per heavy atom. The minimum atomic E-state index is 0.761. The maximum Gasteiger partial charge on any atom is 0.0408 e. The maximum atomic E-state index is 6.03. The van der Waals surface area contributed by atoms with E-state index in [1.165, 1.54) is 37.7 Å². The largest absolute Gasteiger partial charge is 0.0925 e. The number of hydrogen-bond donors (Lipinski definition) is 0. The van der Waals surface area contributed by atoms with E-state index in [1.54, 1.807) is 0 Å². The Labute approximate surface area is 118 Å². The highest BCUT2D eigenvalue weighted by atomic mass is 79.9. The van der Waals surface area contributed by atoms with Crippen LogP contribution in [0.5, 0.6) is 0 Å². The molecule has 0 bridgehead atoms. The predicted octanol–water partition coefficient (Wildman–Crippen LogP) is 5.47. The molecule has 1 aromatic rings. The van der Waals surface area contributed by atoms with E-state index in [1.807, 2.05) is 6.07 Å². The van der Waals surface area contributed by atoms with Crippen LogP contribution in [0, 0.1) is 11.8 Å². The van der Waals surface area contributed by atoms with Gasteiger partial charge in [0.1, 0.15) is 0 Å². The molecule has 0 amide bonds. The quantitative estimate of drug-likeness (QED) is 0.632. The Hall–Kier alpha value is -0.0100. The van der Waals surface area contributed by atoms with Gasteiger partial charge in [0.25, 0.3) is 0 Å². The van der Waals surface area contributed by atoms with Crippen LogP contribution < -0.4 is 0 Å². The van der Waals surface area contributed by atoms with Crippen LogP contribution in [-0.4, -0.2) is 5.33 Å². The van der Waals surface area contributed by atoms with Crippen molar-refractivity contribution in [3.63, 3.8) is 0 Å². The average molecular weight is 316 g/mol. The molecule has 94 valence electrons. The highest BCUT2D eigenvalue weighted by molar-refractivity contribution is 9.09. The van der Waals surface area contributed by atoms with Crippen LogP contribution in [-0.2, 0) is 6.42 Å². The molecule has 0 saturated heterocycles. The van der Waals surface area contributed by atoms with E-state index in [2.05, 4.69) is 34.1 Å². The lowest BCUT2D eigenvalue weighted by molar-refractivity contribution is 0.402. The fraction of sp³-hybridized carbons (Fsp3) is 0.600. The molecule has 0 nitrogen and oxygen atoms in total. The van der Waals surface area contributed by atoms with Gasteiger partial charge in [0, 0.05) is 10.4 Å². The smallest absolute Gasteiger partial charge is 0.0408 e. The highest BCUT2D eigenvalue weighted by Gasteiger charge is 2.19. The topological polar surface area (TPSA) is 0 Å². The summed E-state index contributed by atoms with van der Waals surface area (Å²) < 4.78 is 0. The molecule has 1 unspecified atom stereocenters. The first-order chi connectivity index (χ1) is 8.28. The molecule has 0 spiro atoms. The zero-order valence-electron chi connectivity index (χ0n) is 10.2. The molecular formula is C15H20BrCl. The van der Waals surface area contributed by atoms with E-state index in [0.29, 0.717) is 0 Å². The van der Waals surface area contributed by atoms with Crippen molar-refractivity contribution in [3.8, 4) is 0 Å². The van der Waals surface area contributed by atoms with Crippen molar-refractivity contribution in [2.24, 2.45) is 11.8 Å². The molecule has 0 aliphatic heterocycles. The summed E-state index contributed by atoms with van der Waals surface area (Å²) in [5.74, 6) is 1.73. The second-order valence-electron chi connectivity index (χ2n) is 5.24. The Bertz CT molecular complexity index is 345. The summed E-state index contributed by atoms with van der Waals surface area (Å²) in [5, 5.41) is 1.97. The minimum Gasteiger partial charge on any atom is -0.0925 e. The van der Waals surface area contributed by atoms with Crippen molar-refractivity contribution in [1.82, 2.24) is 0 Å². The van der Waals surface area contributed by atoms with Crippen LogP contribution in [0.3, 0.4) is 0 Å². The molecule has 0 aromatic heterocycles. The van der Waals surface area contributed by atoms with Gasteiger partial charge in [-0.1, -0.05) is 65.3 Å². The zero-order chi connectivity index (χ0) is 12.1. The molecule has 1 aliphatic carbocycles. The van der Waals surface area contributed by atoms with E-state index in [9.17, 15) is 0 Å². The van der Waals surface area contributed by atoms with Crippen molar-refractivity contribution in [2.45, 2.75) is 38.5 Å². The Balaban J connectivity index is 1.90. The molecule has 0 radical (unpaired) electrons. The first-order valence-corrected chi connectivity index (χ1v) is 8.08. The third-order valence-corrected chi connectivity index (χ3v) is 4.92. The number of rotatable bonds is 5. The average Bonchev–Trinajstić information content (AvgIpc) is 2.81. The number of hydrogen-bond acceptors (Lipinski definition) is 0. The van der Waals surface area contributed by atoms with Crippen LogP contribution in [0.2, 0.25) is 5.02 Å². The van der Waals surface area contributed by atoms with E-state index in [0.717, 1.165) is 28.6 Å². The van der Waals surface area contributed by atoms with E-state index in [4.69, 9.17) is 11.6 Å². The van der Waals surface area contributed by atoms with Gasteiger partial charge >= 0.3 is 0 Å². The maximum absolute atomic E-state index is 6.03. The summed E-state index contributed by atoms with van der Waals surface area (Å²) >= 11 is 9.70. The van der Waals surface area contributed by atoms with Crippen molar-refractivity contribution in [1.29, 1.82) is 0 Å². The van der Waals surface area contributed by atoms with Gasteiger partial charge in [0.15, 0.2) is 0 Å². The first-order valence-electron chi connectivity index (χ1n) is 6.58. The van der Waals surface area contributed by atoms with Crippen LogP contribution in [0.4, 0.5) is 0 Å².